The smallest absolute Gasteiger partial charge is 0.338 e. The summed E-state index contributed by atoms with van der Waals surface area (Å²) in [6.45, 7) is 3.86. The van der Waals surface area contributed by atoms with Crippen molar-refractivity contribution in [3.05, 3.63) is 35.4 Å². The molecule has 0 spiro atoms. The quantitative estimate of drug-likeness (QED) is 0.571. The molecule has 1 aromatic rings. The Kier molecular flexibility index (Phi) is 4.60. The van der Waals surface area contributed by atoms with Gasteiger partial charge in [-0.05, 0) is 31.0 Å². The summed E-state index contributed by atoms with van der Waals surface area (Å²) in [7, 11) is 0. The van der Waals surface area contributed by atoms with Crippen LogP contribution < -0.4 is 0 Å². The number of terminal acetylenes is 1. The molecule has 0 radical (unpaired) electrons. The third-order valence-corrected chi connectivity index (χ3v) is 2.31. The highest BCUT2D eigenvalue weighted by Crippen LogP contribution is 2.08. The minimum absolute atomic E-state index is 0.233. The summed E-state index contributed by atoms with van der Waals surface area (Å²) in [5.74, 6) is 2.15. The molecular formula is C14H16O2. The Hall–Kier alpha value is -1.75. The summed E-state index contributed by atoms with van der Waals surface area (Å²) >= 11 is 0. The first-order valence-electron chi connectivity index (χ1n) is 5.40. The van der Waals surface area contributed by atoms with Crippen LogP contribution in [0.1, 0.15) is 36.2 Å². The van der Waals surface area contributed by atoms with Gasteiger partial charge in [0.05, 0.1) is 5.56 Å². The maximum absolute atomic E-state index is 11.6. The second kappa shape index (κ2) is 5.97. The maximum atomic E-state index is 11.6. The van der Waals surface area contributed by atoms with Crippen LogP contribution in [-0.4, -0.2) is 12.1 Å². The number of benzene rings is 1. The summed E-state index contributed by atoms with van der Waals surface area (Å²) < 4.78 is 5.17. The fourth-order valence-corrected chi connectivity index (χ4v) is 1.33. The van der Waals surface area contributed by atoms with Gasteiger partial charge in [-0.15, -0.1) is 12.3 Å². The fraction of sp³-hybridized carbons (Fsp3) is 0.357. The van der Waals surface area contributed by atoms with Gasteiger partial charge in [0.1, 0.15) is 6.10 Å². The number of carbonyl (C=O) groups excluding carboxylic acids is 1. The number of ether oxygens (including phenoxy) is 1. The van der Waals surface area contributed by atoms with Crippen molar-refractivity contribution >= 4 is 5.97 Å². The normalized spacial score (nSPS) is 11.6. The largest absolute Gasteiger partial charge is 0.458 e. The lowest BCUT2D eigenvalue weighted by Crippen LogP contribution is -2.14. The molecule has 2 heteroatoms. The van der Waals surface area contributed by atoms with Crippen LogP contribution in [0.5, 0.6) is 0 Å². The molecule has 1 atom stereocenters. The molecule has 0 aliphatic rings. The van der Waals surface area contributed by atoms with Gasteiger partial charge < -0.3 is 4.74 Å². The molecule has 16 heavy (non-hydrogen) atoms. The molecule has 0 aliphatic carbocycles. The topological polar surface area (TPSA) is 26.3 Å². The van der Waals surface area contributed by atoms with Crippen molar-refractivity contribution in [2.75, 3.05) is 0 Å². The van der Waals surface area contributed by atoms with E-state index in [1.54, 1.807) is 19.1 Å². The number of rotatable bonds is 4. The second-order valence-corrected chi connectivity index (χ2v) is 3.67. The molecule has 1 aromatic carbocycles. The van der Waals surface area contributed by atoms with Crippen LogP contribution in [0.25, 0.3) is 0 Å². The fourth-order valence-electron chi connectivity index (χ4n) is 1.33. The van der Waals surface area contributed by atoms with E-state index in [9.17, 15) is 4.79 Å². The third kappa shape index (κ3) is 3.43. The Balaban J connectivity index is 2.63. The van der Waals surface area contributed by atoms with E-state index in [4.69, 9.17) is 11.2 Å². The van der Waals surface area contributed by atoms with E-state index in [0.29, 0.717) is 12.0 Å². The zero-order chi connectivity index (χ0) is 12.0. The van der Waals surface area contributed by atoms with Gasteiger partial charge in [-0.1, -0.05) is 19.1 Å². The molecule has 2 nitrogen and oxygen atoms in total. The molecule has 84 valence electrons. The monoisotopic (exact) mass is 216 g/mol. The SMILES string of the molecule is C#CCC(C)OC(=O)c1ccc(CC)cc1. The molecule has 0 N–H and O–H groups in total. The molecule has 0 saturated carbocycles. The number of esters is 1. The Morgan fingerprint density at radius 3 is 2.56 bits per heavy atom. The van der Waals surface area contributed by atoms with E-state index in [0.717, 1.165) is 6.42 Å². The lowest BCUT2D eigenvalue weighted by Gasteiger charge is -2.10. The minimum Gasteiger partial charge on any atom is -0.458 e. The van der Waals surface area contributed by atoms with Crippen LogP contribution in [0.2, 0.25) is 0 Å². The van der Waals surface area contributed by atoms with Crippen molar-refractivity contribution in [1.29, 1.82) is 0 Å². The van der Waals surface area contributed by atoms with Gasteiger partial charge in [0.25, 0.3) is 0 Å². The molecule has 1 unspecified atom stereocenters. The standard InChI is InChI=1S/C14H16O2/c1-4-6-11(3)16-14(15)13-9-7-12(5-2)8-10-13/h1,7-11H,5-6H2,2-3H3. The lowest BCUT2D eigenvalue weighted by molar-refractivity contribution is 0.0352. The van der Waals surface area contributed by atoms with Crippen molar-refractivity contribution in [2.24, 2.45) is 0 Å². The number of hydrogen-bond donors (Lipinski definition) is 0. The molecule has 0 heterocycles. The molecule has 0 amide bonds. The Labute approximate surface area is 96.6 Å². The van der Waals surface area contributed by atoms with E-state index in [1.807, 2.05) is 12.1 Å². The number of hydrogen-bond acceptors (Lipinski definition) is 2. The average Bonchev–Trinajstić information content (AvgIpc) is 2.29. The summed E-state index contributed by atoms with van der Waals surface area (Å²) in [6.07, 6.45) is 6.31. The van der Waals surface area contributed by atoms with Gasteiger partial charge in [0.2, 0.25) is 0 Å². The lowest BCUT2D eigenvalue weighted by atomic mass is 10.1. The number of carbonyl (C=O) groups is 1. The van der Waals surface area contributed by atoms with E-state index in [-0.39, 0.29) is 12.1 Å². The summed E-state index contributed by atoms with van der Waals surface area (Å²) in [4.78, 5) is 11.6. The van der Waals surface area contributed by atoms with Crippen LogP contribution in [0, 0.1) is 12.3 Å². The molecule has 0 bridgehead atoms. The second-order valence-electron chi connectivity index (χ2n) is 3.67. The van der Waals surface area contributed by atoms with Gasteiger partial charge in [0, 0.05) is 6.42 Å². The molecule has 0 aliphatic heterocycles. The predicted octanol–water partition coefficient (Wildman–Crippen LogP) is 2.82. The van der Waals surface area contributed by atoms with Crippen LogP contribution in [0.15, 0.2) is 24.3 Å². The van der Waals surface area contributed by atoms with Gasteiger partial charge in [-0.2, -0.15) is 0 Å². The summed E-state index contributed by atoms with van der Waals surface area (Å²) in [5, 5.41) is 0. The molecule has 0 aromatic heterocycles. The van der Waals surface area contributed by atoms with E-state index in [1.165, 1.54) is 5.56 Å². The molecular weight excluding hydrogens is 200 g/mol. The summed E-state index contributed by atoms with van der Waals surface area (Å²) in [6, 6.07) is 7.43. The average molecular weight is 216 g/mol. The molecule has 0 fully saturated rings. The Morgan fingerprint density at radius 2 is 2.06 bits per heavy atom. The zero-order valence-corrected chi connectivity index (χ0v) is 9.69. The van der Waals surface area contributed by atoms with Crippen LogP contribution in [0.3, 0.4) is 0 Å². The highest BCUT2D eigenvalue weighted by molar-refractivity contribution is 5.89. The highest BCUT2D eigenvalue weighted by Gasteiger charge is 2.10. The van der Waals surface area contributed by atoms with E-state index in [2.05, 4.69) is 12.8 Å². The first-order chi connectivity index (χ1) is 7.67. The first-order valence-corrected chi connectivity index (χ1v) is 5.40. The first kappa shape index (κ1) is 12.3. The van der Waals surface area contributed by atoms with Crippen molar-refractivity contribution in [2.45, 2.75) is 32.8 Å². The van der Waals surface area contributed by atoms with Crippen molar-refractivity contribution < 1.29 is 9.53 Å². The number of aryl methyl sites for hydroxylation is 1. The minimum atomic E-state index is -0.314. The Bertz CT molecular complexity index is 384. The zero-order valence-electron chi connectivity index (χ0n) is 9.69. The molecule has 0 saturated heterocycles. The van der Waals surface area contributed by atoms with Gasteiger partial charge in [-0.25, -0.2) is 4.79 Å². The summed E-state index contributed by atoms with van der Waals surface area (Å²) in [5.41, 5.74) is 1.77. The molecule has 1 rings (SSSR count). The van der Waals surface area contributed by atoms with Crippen molar-refractivity contribution in [1.82, 2.24) is 0 Å². The van der Waals surface area contributed by atoms with Gasteiger partial charge in [0.15, 0.2) is 0 Å². The van der Waals surface area contributed by atoms with E-state index < -0.39 is 0 Å². The van der Waals surface area contributed by atoms with Crippen LogP contribution in [-0.2, 0) is 11.2 Å². The van der Waals surface area contributed by atoms with Gasteiger partial charge >= 0.3 is 5.97 Å². The van der Waals surface area contributed by atoms with Gasteiger partial charge in [-0.3, -0.25) is 0 Å². The Morgan fingerprint density at radius 1 is 1.44 bits per heavy atom. The third-order valence-electron chi connectivity index (χ3n) is 2.31. The predicted molar refractivity (Wildman–Crippen MR) is 64.1 cm³/mol. The highest BCUT2D eigenvalue weighted by atomic mass is 16.5. The van der Waals surface area contributed by atoms with Crippen molar-refractivity contribution in [3.8, 4) is 12.3 Å². The van der Waals surface area contributed by atoms with Crippen molar-refractivity contribution in [3.63, 3.8) is 0 Å². The van der Waals surface area contributed by atoms with Crippen LogP contribution in [0.4, 0.5) is 0 Å². The van der Waals surface area contributed by atoms with E-state index >= 15 is 0 Å². The van der Waals surface area contributed by atoms with Crippen LogP contribution >= 0.6 is 0 Å². The maximum Gasteiger partial charge on any atom is 0.338 e.